The third kappa shape index (κ3) is 3.25. The van der Waals surface area contributed by atoms with Gasteiger partial charge in [-0.1, -0.05) is 31.4 Å². The average Bonchev–Trinajstić information content (AvgIpc) is 3.39. The van der Waals surface area contributed by atoms with Gasteiger partial charge in [-0.05, 0) is 42.7 Å². The van der Waals surface area contributed by atoms with Crippen LogP contribution in [0.15, 0.2) is 64.5 Å². The first kappa shape index (κ1) is 20.3. The van der Waals surface area contributed by atoms with E-state index < -0.39 is 23.5 Å². The van der Waals surface area contributed by atoms with E-state index in [2.05, 4.69) is 4.98 Å². The third-order valence-corrected chi connectivity index (χ3v) is 6.43. The second-order valence-corrected chi connectivity index (χ2v) is 8.27. The normalized spacial score (nSPS) is 19.7. The molecule has 32 heavy (non-hydrogen) atoms. The molecule has 5 rings (SSSR count). The Morgan fingerprint density at radius 1 is 1.16 bits per heavy atom. The van der Waals surface area contributed by atoms with Crippen molar-refractivity contribution in [2.45, 2.75) is 44.2 Å². The van der Waals surface area contributed by atoms with Crippen molar-refractivity contribution in [3.8, 4) is 5.75 Å². The fourth-order valence-corrected chi connectivity index (χ4v) is 4.91. The number of para-hydroxylation sites is 1. The number of pyridine rings is 1. The van der Waals surface area contributed by atoms with E-state index in [4.69, 9.17) is 9.15 Å². The maximum absolute atomic E-state index is 13.6. The number of hydrogen-bond acceptors (Lipinski definition) is 6. The van der Waals surface area contributed by atoms with Gasteiger partial charge in [0.1, 0.15) is 0 Å². The van der Waals surface area contributed by atoms with Crippen LogP contribution in [0.25, 0.3) is 11.0 Å². The minimum absolute atomic E-state index is 0.0300. The number of benzene rings is 1. The Bertz CT molecular complexity index is 1210. The first-order valence-electron chi connectivity index (χ1n) is 10.9. The zero-order valence-corrected chi connectivity index (χ0v) is 17.8. The molecule has 1 fully saturated rings. The van der Waals surface area contributed by atoms with Crippen LogP contribution in [0.4, 0.5) is 0 Å². The lowest BCUT2D eigenvalue weighted by atomic mass is 9.90. The number of methoxy groups -OCH3 is 1. The zero-order valence-electron chi connectivity index (χ0n) is 17.8. The summed E-state index contributed by atoms with van der Waals surface area (Å²) in [5.74, 6) is -0.944. The van der Waals surface area contributed by atoms with Gasteiger partial charge in [-0.15, -0.1) is 0 Å². The van der Waals surface area contributed by atoms with Crippen LogP contribution >= 0.6 is 0 Å². The quantitative estimate of drug-likeness (QED) is 0.585. The Balaban J connectivity index is 1.60. The number of amides is 1. The fourth-order valence-electron chi connectivity index (χ4n) is 4.91. The van der Waals surface area contributed by atoms with Crippen molar-refractivity contribution in [1.82, 2.24) is 9.88 Å². The first-order chi connectivity index (χ1) is 15.6. The molecule has 1 N–H and O–H groups in total. The Kier molecular flexibility index (Phi) is 5.17. The number of aliphatic hydroxyl groups is 1. The molecule has 1 unspecified atom stereocenters. The van der Waals surface area contributed by atoms with E-state index in [9.17, 15) is 14.7 Å². The van der Waals surface area contributed by atoms with Crippen molar-refractivity contribution in [3.05, 3.63) is 71.4 Å². The van der Waals surface area contributed by atoms with Crippen molar-refractivity contribution in [3.63, 3.8) is 0 Å². The van der Waals surface area contributed by atoms with Gasteiger partial charge >= 0.3 is 0 Å². The number of carbonyl (C=O) groups is 2. The molecule has 2 aromatic heterocycles. The fraction of sp³-hybridized carbons (Fsp3) is 0.320. The van der Waals surface area contributed by atoms with Gasteiger partial charge in [-0.2, -0.15) is 0 Å². The van der Waals surface area contributed by atoms with E-state index in [1.165, 1.54) is 7.11 Å². The molecule has 1 aromatic carbocycles. The highest BCUT2D eigenvalue weighted by molar-refractivity contribution is 6.16. The molecule has 0 saturated heterocycles. The minimum atomic E-state index is -0.684. The molecule has 3 heterocycles. The molecule has 1 aliphatic carbocycles. The van der Waals surface area contributed by atoms with Gasteiger partial charge in [0.15, 0.2) is 22.9 Å². The van der Waals surface area contributed by atoms with Crippen LogP contribution in [-0.2, 0) is 4.79 Å². The summed E-state index contributed by atoms with van der Waals surface area (Å²) in [6, 6.07) is 9.85. The smallest absolute Gasteiger partial charge is 0.290 e. The Morgan fingerprint density at radius 2 is 1.91 bits per heavy atom. The van der Waals surface area contributed by atoms with Gasteiger partial charge in [0.05, 0.1) is 18.7 Å². The van der Waals surface area contributed by atoms with Gasteiger partial charge in [-0.25, -0.2) is 0 Å². The van der Waals surface area contributed by atoms with E-state index in [1.807, 2.05) is 12.1 Å². The van der Waals surface area contributed by atoms with Crippen LogP contribution in [0, 0.1) is 0 Å². The monoisotopic (exact) mass is 432 g/mol. The summed E-state index contributed by atoms with van der Waals surface area (Å²) in [4.78, 5) is 32.6. The Labute approximate surface area is 185 Å². The largest absolute Gasteiger partial charge is 0.503 e. The zero-order chi connectivity index (χ0) is 22.2. The molecule has 1 aliphatic heterocycles. The van der Waals surface area contributed by atoms with Crippen LogP contribution in [0.1, 0.15) is 54.3 Å². The minimum Gasteiger partial charge on any atom is -0.503 e. The predicted octanol–water partition coefficient (Wildman–Crippen LogP) is 4.75. The summed E-state index contributed by atoms with van der Waals surface area (Å²) in [5, 5.41) is 11.6. The number of rotatable bonds is 5. The summed E-state index contributed by atoms with van der Waals surface area (Å²) in [6.45, 7) is 0. The molecule has 2 aliphatic rings. The molecular weight excluding hydrogens is 408 g/mol. The number of ketones is 1. The third-order valence-electron chi connectivity index (χ3n) is 6.43. The van der Waals surface area contributed by atoms with E-state index >= 15 is 0 Å². The number of furan rings is 1. The number of aliphatic hydroxyl groups excluding tert-OH is 1. The highest BCUT2D eigenvalue weighted by Crippen LogP contribution is 2.43. The summed E-state index contributed by atoms with van der Waals surface area (Å²) in [5.41, 5.74) is 1.23. The lowest BCUT2D eigenvalue weighted by Crippen LogP contribution is -2.41. The lowest BCUT2D eigenvalue weighted by Gasteiger charge is -2.36. The van der Waals surface area contributed by atoms with Crippen LogP contribution in [0.2, 0.25) is 0 Å². The topological polar surface area (TPSA) is 92.9 Å². The van der Waals surface area contributed by atoms with Gasteiger partial charge in [0.25, 0.3) is 5.91 Å². The van der Waals surface area contributed by atoms with Crippen molar-refractivity contribution in [2.75, 3.05) is 7.11 Å². The molecule has 7 nitrogen and oxygen atoms in total. The molecule has 0 spiro atoms. The highest BCUT2D eigenvalue weighted by atomic mass is 16.5. The standard InChI is InChI=1S/C25H24N2O5/c1-31-18-9-5-6-16-14-19(32-24(16)18)22(28)20-21(15-10-12-26-13-11-15)27(25(30)23(20)29)17-7-3-2-4-8-17/h5-6,9-14,17,21,29H,2-4,7-8H2,1H3. The predicted molar refractivity (Wildman–Crippen MR) is 117 cm³/mol. The first-order valence-corrected chi connectivity index (χ1v) is 10.9. The SMILES string of the molecule is COc1cccc2cc(C(=O)C3=C(O)C(=O)N(C4CCCCC4)C3c3ccncc3)oc12. The maximum atomic E-state index is 13.6. The van der Waals surface area contributed by atoms with E-state index in [1.54, 1.807) is 41.6 Å². The van der Waals surface area contributed by atoms with Gasteiger partial charge in [0.2, 0.25) is 5.78 Å². The Hall–Kier alpha value is -3.61. The van der Waals surface area contributed by atoms with E-state index in [-0.39, 0.29) is 17.4 Å². The van der Waals surface area contributed by atoms with Crippen LogP contribution in [0.5, 0.6) is 5.75 Å². The number of nitrogens with zero attached hydrogens (tertiary/aromatic N) is 2. The molecular formula is C25H24N2O5. The van der Waals surface area contributed by atoms with Crippen molar-refractivity contribution in [2.24, 2.45) is 0 Å². The molecule has 1 amide bonds. The van der Waals surface area contributed by atoms with Crippen molar-refractivity contribution < 1.29 is 23.8 Å². The van der Waals surface area contributed by atoms with Crippen molar-refractivity contribution in [1.29, 1.82) is 0 Å². The average molecular weight is 432 g/mol. The second-order valence-electron chi connectivity index (χ2n) is 8.27. The van der Waals surface area contributed by atoms with Gasteiger partial charge < -0.3 is 19.2 Å². The van der Waals surface area contributed by atoms with Crippen LogP contribution in [0.3, 0.4) is 0 Å². The van der Waals surface area contributed by atoms with E-state index in [0.717, 1.165) is 37.7 Å². The van der Waals surface area contributed by atoms with Crippen LogP contribution < -0.4 is 4.74 Å². The molecule has 1 atom stereocenters. The van der Waals surface area contributed by atoms with E-state index in [0.29, 0.717) is 16.7 Å². The lowest BCUT2D eigenvalue weighted by molar-refractivity contribution is -0.132. The van der Waals surface area contributed by atoms with Crippen molar-refractivity contribution >= 4 is 22.7 Å². The number of ether oxygens (including phenoxy) is 1. The summed E-state index contributed by atoms with van der Waals surface area (Å²) >= 11 is 0. The number of carbonyl (C=O) groups excluding carboxylic acids is 2. The Morgan fingerprint density at radius 3 is 2.62 bits per heavy atom. The summed E-state index contributed by atoms with van der Waals surface area (Å²) in [6.07, 6.45) is 8.12. The molecule has 0 bridgehead atoms. The summed E-state index contributed by atoms with van der Waals surface area (Å²) in [7, 11) is 1.53. The number of hydrogen-bond donors (Lipinski definition) is 1. The molecule has 3 aromatic rings. The molecule has 1 saturated carbocycles. The van der Waals surface area contributed by atoms with Crippen LogP contribution in [-0.4, -0.2) is 39.8 Å². The highest BCUT2D eigenvalue weighted by Gasteiger charge is 2.47. The molecule has 164 valence electrons. The maximum Gasteiger partial charge on any atom is 0.290 e. The van der Waals surface area contributed by atoms with Gasteiger partial charge in [-0.3, -0.25) is 14.6 Å². The number of fused-ring (bicyclic) bond motifs is 1. The second kappa shape index (κ2) is 8.15. The van der Waals surface area contributed by atoms with Gasteiger partial charge in [0, 0.05) is 23.8 Å². The number of Topliss-reactive ketones (excluding diaryl/α,β-unsaturated/α-hetero) is 1. The molecule has 0 radical (unpaired) electrons. The summed E-state index contributed by atoms with van der Waals surface area (Å²) < 4.78 is 11.2. The number of aromatic nitrogens is 1. The molecule has 7 heteroatoms.